The SMILES string of the molecule is COC1C=C(CO)C2C(OC3OC(CO)C(O)C(O)C3O)OC=C(C(=O)O)C12. The summed E-state index contributed by atoms with van der Waals surface area (Å²) < 4.78 is 21.7. The highest BCUT2D eigenvalue weighted by Crippen LogP contribution is 2.45. The molecule has 2 aliphatic heterocycles. The minimum Gasteiger partial charge on any atom is -0.478 e. The van der Waals surface area contributed by atoms with Crippen molar-refractivity contribution in [3.8, 4) is 0 Å². The number of aliphatic carboxylic acids is 1. The highest BCUT2D eigenvalue weighted by Gasteiger charge is 2.52. The largest absolute Gasteiger partial charge is 0.478 e. The summed E-state index contributed by atoms with van der Waals surface area (Å²) in [6, 6.07) is 0. The van der Waals surface area contributed by atoms with Crippen LogP contribution in [0.15, 0.2) is 23.5 Å². The smallest absolute Gasteiger partial charge is 0.335 e. The van der Waals surface area contributed by atoms with Gasteiger partial charge >= 0.3 is 5.97 Å². The van der Waals surface area contributed by atoms with Crippen LogP contribution in [0.5, 0.6) is 0 Å². The number of carboxylic acids is 1. The van der Waals surface area contributed by atoms with Gasteiger partial charge in [-0.1, -0.05) is 6.08 Å². The molecule has 3 rings (SSSR count). The van der Waals surface area contributed by atoms with Crippen molar-refractivity contribution in [3.63, 3.8) is 0 Å². The van der Waals surface area contributed by atoms with Crippen LogP contribution < -0.4 is 0 Å². The first kappa shape index (κ1) is 21.1. The Morgan fingerprint density at radius 3 is 2.39 bits per heavy atom. The quantitative estimate of drug-likeness (QED) is 0.254. The molecule has 9 atom stereocenters. The minimum atomic E-state index is -1.65. The van der Waals surface area contributed by atoms with Gasteiger partial charge in [-0.3, -0.25) is 0 Å². The molecule has 0 amide bonds. The summed E-state index contributed by atoms with van der Waals surface area (Å²) in [4.78, 5) is 11.6. The molecular formula is C17H24O11. The molecule has 9 unspecified atom stereocenters. The molecule has 28 heavy (non-hydrogen) atoms. The van der Waals surface area contributed by atoms with Gasteiger partial charge in [-0.25, -0.2) is 4.79 Å². The van der Waals surface area contributed by atoms with Gasteiger partial charge in [0.2, 0.25) is 6.29 Å². The van der Waals surface area contributed by atoms with Crippen LogP contribution in [0.25, 0.3) is 0 Å². The minimum absolute atomic E-state index is 0.0646. The normalized spacial score (nSPS) is 43.0. The number of carboxylic acid groups (broad SMARTS) is 1. The molecule has 1 saturated heterocycles. The molecule has 2 heterocycles. The maximum absolute atomic E-state index is 11.6. The van der Waals surface area contributed by atoms with Crippen LogP contribution in [-0.2, 0) is 23.7 Å². The lowest BCUT2D eigenvalue weighted by Gasteiger charge is -2.43. The predicted molar refractivity (Wildman–Crippen MR) is 88.4 cm³/mol. The van der Waals surface area contributed by atoms with Crippen molar-refractivity contribution >= 4 is 5.97 Å². The molecule has 3 aliphatic rings. The lowest BCUT2D eigenvalue weighted by molar-refractivity contribution is -0.340. The van der Waals surface area contributed by atoms with Crippen molar-refractivity contribution in [2.45, 2.75) is 43.1 Å². The maximum atomic E-state index is 11.6. The fraction of sp³-hybridized carbons (Fsp3) is 0.706. The number of hydrogen-bond donors (Lipinski definition) is 6. The van der Waals surface area contributed by atoms with Gasteiger partial charge in [0.25, 0.3) is 0 Å². The molecule has 0 radical (unpaired) electrons. The zero-order valence-electron chi connectivity index (χ0n) is 15.0. The van der Waals surface area contributed by atoms with Crippen LogP contribution >= 0.6 is 0 Å². The zero-order chi connectivity index (χ0) is 20.6. The lowest BCUT2D eigenvalue weighted by Crippen LogP contribution is -2.60. The number of rotatable bonds is 6. The summed E-state index contributed by atoms with van der Waals surface area (Å²) in [5.74, 6) is -2.68. The number of aliphatic hydroxyl groups is 5. The highest BCUT2D eigenvalue weighted by atomic mass is 16.8. The Hall–Kier alpha value is -1.57. The Morgan fingerprint density at radius 2 is 1.82 bits per heavy atom. The van der Waals surface area contributed by atoms with Gasteiger partial charge < -0.3 is 49.6 Å². The summed E-state index contributed by atoms with van der Waals surface area (Å²) in [6.07, 6.45) is -6.68. The fourth-order valence-electron chi connectivity index (χ4n) is 3.87. The standard InChI is InChI=1S/C17H24O11/c1-25-8-2-6(3-18)10-11(8)7(15(23)24)5-26-16(10)28-17-14(22)13(21)12(20)9(4-19)27-17/h2,5,8-14,16-22H,3-4H2,1H3,(H,23,24). The van der Waals surface area contributed by atoms with Crippen LogP contribution in [0, 0.1) is 11.8 Å². The van der Waals surface area contributed by atoms with Crippen molar-refractivity contribution in [3.05, 3.63) is 23.5 Å². The molecule has 1 aliphatic carbocycles. The number of carbonyl (C=O) groups is 1. The van der Waals surface area contributed by atoms with E-state index in [4.69, 9.17) is 18.9 Å². The number of aliphatic hydroxyl groups excluding tert-OH is 5. The van der Waals surface area contributed by atoms with Gasteiger partial charge in [0.15, 0.2) is 6.29 Å². The van der Waals surface area contributed by atoms with E-state index in [0.29, 0.717) is 5.57 Å². The van der Waals surface area contributed by atoms with Crippen LogP contribution in [-0.4, -0.2) is 100 Å². The third-order valence-corrected chi connectivity index (χ3v) is 5.35. The number of fused-ring (bicyclic) bond motifs is 1. The van der Waals surface area contributed by atoms with Crippen LogP contribution in [0.1, 0.15) is 0 Å². The van der Waals surface area contributed by atoms with Crippen molar-refractivity contribution in [2.24, 2.45) is 11.8 Å². The fourth-order valence-corrected chi connectivity index (χ4v) is 3.87. The second kappa shape index (κ2) is 8.43. The van der Waals surface area contributed by atoms with E-state index in [-0.39, 0.29) is 5.57 Å². The summed E-state index contributed by atoms with van der Waals surface area (Å²) in [5.41, 5.74) is 0.364. The summed E-state index contributed by atoms with van der Waals surface area (Å²) >= 11 is 0. The first-order valence-corrected chi connectivity index (χ1v) is 8.73. The molecular weight excluding hydrogens is 380 g/mol. The Bertz CT molecular complexity index is 645. The monoisotopic (exact) mass is 404 g/mol. The van der Waals surface area contributed by atoms with Gasteiger partial charge in [0.05, 0.1) is 37.1 Å². The first-order chi connectivity index (χ1) is 13.3. The molecule has 0 aromatic carbocycles. The molecule has 0 saturated carbocycles. The molecule has 0 aromatic rings. The van der Waals surface area contributed by atoms with Gasteiger partial charge in [-0.15, -0.1) is 0 Å². The van der Waals surface area contributed by atoms with E-state index in [0.717, 1.165) is 6.26 Å². The van der Waals surface area contributed by atoms with E-state index >= 15 is 0 Å². The molecule has 158 valence electrons. The average molecular weight is 404 g/mol. The van der Waals surface area contributed by atoms with E-state index in [1.165, 1.54) is 7.11 Å². The Balaban J connectivity index is 1.86. The molecule has 11 nitrogen and oxygen atoms in total. The third kappa shape index (κ3) is 3.55. The number of ether oxygens (including phenoxy) is 4. The van der Waals surface area contributed by atoms with E-state index in [9.17, 15) is 35.4 Å². The van der Waals surface area contributed by atoms with E-state index in [2.05, 4.69) is 0 Å². The second-order valence-electron chi connectivity index (χ2n) is 6.87. The maximum Gasteiger partial charge on any atom is 0.335 e. The van der Waals surface area contributed by atoms with Crippen LogP contribution in [0.3, 0.4) is 0 Å². The van der Waals surface area contributed by atoms with Crippen molar-refractivity contribution in [1.82, 2.24) is 0 Å². The molecule has 0 bridgehead atoms. The van der Waals surface area contributed by atoms with Crippen LogP contribution in [0.4, 0.5) is 0 Å². The summed E-state index contributed by atoms with van der Waals surface area (Å²) in [6.45, 7) is -1.02. The number of methoxy groups -OCH3 is 1. The highest BCUT2D eigenvalue weighted by molar-refractivity contribution is 5.87. The van der Waals surface area contributed by atoms with E-state index in [1.807, 2.05) is 0 Å². The lowest BCUT2D eigenvalue weighted by atomic mass is 9.82. The second-order valence-corrected chi connectivity index (χ2v) is 6.87. The molecule has 6 N–H and O–H groups in total. The topological polar surface area (TPSA) is 175 Å². The van der Waals surface area contributed by atoms with Crippen LogP contribution in [0.2, 0.25) is 0 Å². The Labute approximate surface area is 160 Å². The molecule has 0 spiro atoms. The van der Waals surface area contributed by atoms with Crippen molar-refractivity contribution < 1.29 is 54.4 Å². The summed E-state index contributed by atoms with van der Waals surface area (Å²) in [7, 11) is 1.40. The molecule has 11 heteroatoms. The van der Waals surface area contributed by atoms with Crippen molar-refractivity contribution in [1.29, 1.82) is 0 Å². The average Bonchev–Trinajstić information content (AvgIpc) is 3.07. The van der Waals surface area contributed by atoms with E-state index in [1.54, 1.807) is 6.08 Å². The Kier molecular flexibility index (Phi) is 6.37. The summed E-state index contributed by atoms with van der Waals surface area (Å²) in [5, 5.41) is 58.3. The van der Waals surface area contributed by atoms with Gasteiger partial charge in [0, 0.05) is 13.0 Å². The third-order valence-electron chi connectivity index (χ3n) is 5.35. The van der Waals surface area contributed by atoms with Gasteiger partial charge in [0.1, 0.15) is 24.4 Å². The van der Waals surface area contributed by atoms with Gasteiger partial charge in [-0.2, -0.15) is 0 Å². The molecule has 0 aromatic heterocycles. The predicted octanol–water partition coefficient (Wildman–Crippen LogP) is -2.69. The van der Waals surface area contributed by atoms with E-state index < -0.39 is 74.1 Å². The molecule has 1 fully saturated rings. The number of hydrogen-bond acceptors (Lipinski definition) is 10. The van der Waals surface area contributed by atoms with Gasteiger partial charge in [-0.05, 0) is 5.57 Å². The van der Waals surface area contributed by atoms with Crippen molar-refractivity contribution in [2.75, 3.05) is 20.3 Å². The zero-order valence-corrected chi connectivity index (χ0v) is 15.0. The Morgan fingerprint density at radius 1 is 1.11 bits per heavy atom. The first-order valence-electron chi connectivity index (χ1n) is 8.73.